The molecule has 5 heteroatoms. The van der Waals surface area contributed by atoms with Crippen LogP contribution in [-0.2, 0) is 0 Å². The van der Waals surface area contributed by atoms with E-state index in [0.29, 0.717) is 13.2 Å². The van der Waals surface area contributed by atoms with E-state index >= 15 is 0 Å². The molecule has 0 aromatic heterocycles. The van der Waals surface area contributed by atoms with Gasteiger partial charge in [-0.3, -0.25) is 0 Å². The van der Waals surface area contributed by atoms with Crippen LogP contribution in [0.4, 0.5) is 10.5 Å². The number of benzene rings is 2. The lowest BCUT2D eigenvalue weighted by Crippen LogP contribution is -2.52. The van der Waals surface area contributed by atoms with Gasteiger partial charge in [-0.2, -0.15) is 0 Å². The van der Waals surface area contributed by atoms with Gasteiger partial charge in [-0.1, -0.05) is 24.3 Å². The number of rotatable bonds is 5. The highest BCUT2D eigenvalue weighted by molar-refractivity contribution is 5.74. The predicted molar refractivity (Wildman–Crippen MR) is 115 cm³/mol. The van der Waals surface area contributed by atoms with Crippen molar-refractivity contribution >= 4 is 11.7 Å². The Morgan fingerprint density at radius 2 is 1.75 bits per heavy atom. The second-order valence-corrected chi connectivity index (χ2v) is 7.54. The zero-order valence-corrected chi connectivity index (χ0v) is 17.4. The lowest BCUT2D eigenvalue weighted by Gasteiger charge is -2.37. The number of aryl methyl sites for hydroxylation is 3. The van der Waals surface area contributed by atoms with E-state index in [2.05, 4.69) is 54.4 Å². The molecule has 0 bridgehead atoms. The van der Waals surface area contributed by atoms with Gasteiger partial charge in [0.2, 0.25) is 0 Å². The Morgan fingerprint density at radius 3 is 2.50 bits per heavy atom. The molecule has 3 rings (SSSR count). The van der Waals surface area contributed by atoms with E-state index in [1.54, 1.807) is 0 Å². The molecule has 2 aromatic rings. The van der Waals surface area contributed by atoms with Gasteiger partial charge in [-0.15, -0.1) is 0 Å². The Kier molecular flexibility index (Phi) is 6.45. The summed E-state index contributed by atoms with van der Waals surface area (Å²) in [5, 5.41) is 2.98. The zero-order chi connectivity index (χ0) is 20.1. The molecule has 1 N–H and O–H groups in total. The molecule has 2 aromatic carbocycles. The summed E-state index contributed by atoms with van der Waals surface area (Å²) in [5.41, 5.74) is 6.19. The summed E-state index contributed by atoms with van der Waals surface area (Å²) < 4.78 is 5.81. The third kappa shape index (κ3) is 4.77. The highest BCUT2D eigenvalue weighted by Gasteiger charge is 2.22. The van der Waals surface area contributed by atoms with Crippen molar-refractivity contribution in [2.24, 2.45) is 0 Å². The van der Waals surface area contributed by atoms with Crippen molar-refractivity contribution in [3.8, 4) is 5.75 Å². The van der Waals surface area contributed by atoms with Crippen molar-refractivity contribution < 1.29 is 9.53 Å². The maximum Gasteiger partial charge on any atom is 0.317 e. The highest BCUT2D eigenvalue weighted by Crippen LogP contribution is 2.24. The molecule has 1 aliphatic rings. The molecule has 0 unspecified atom stereocenters. The summed E-state index contributed by atoms with van der Waals surface area (Å²) in [6.45, 7) is 12.5. The topological polar surface area (TPSA) is 44.8 Å². The number of anilines is 1. The Balaban J connectivity index is 1.43. The largest absolute Gasteiger partial charge is 0.491 e. The van der Waals surface area contributed by atoms with Crippen LogP contribution in [0.1, 0.15) is 22.3 Å². The number of nitrogens with one attached hydrogen (secondary N) is 1. The van der Waals surface area contributed by atoms with Crippen molar-refractivity contribution in [3.63, 3.8) is 0 Å². The van der Waals surface area contributed by atoms with Gasteiger partial charge in [0.1, 0.15) is 12.4 Å². The molecular formula is C23H31N3O2. The average Bonchev–Trinajstić information content (AvgIpc) is 2.70. The van der Waals surface area contributed by atoms with Crippen LogP contribution in [0.2, 0.25) is 0 Å². The first kappa shape index (κ1) is 20.1. The normalized spacial score (nSPS) is 14.1. The predicted octanol–water partition coefficient (Wildman–Crippen LogP) is 3.83. The summed E-state index contributed by atoms with van der Waals surface area (Å²) in [6, 6.07) is 12.6. The number of piperazine rings is 1. The number of carbonyl (C=O) groups excluding carboxylic acids is 1. The van der Waals surface area contributed by atoms with Gasteiger partial charge in [0.25, 0.3) is 0 Å². The van der Waals surface area contributed by atoms with Gasteiger partial charge in [-0.25, -0.2) is 4.79 Å². The zero-order valence-electron chi connectivity index (χ0n) is 17.4. The maximum atomic E-state index is 12.4. The summed E-state index contributed by atoms with van der Waals surface area (Å²) >= 11 is 0. The van der Waals surface area contributed by atoms with E-state index in [0.717, 1.165) is 37.5 Å². The summed E-state index contributed by atoms with van der Waals surface area (Å²) in [4.78, 5) is 16.7. The van der Waals surface area contributed by atoms with E-state index in [1.165, 1.54) is 22.4 Å². The minimum Gasteiger partial charge on any atom is -0.491 e. The van der Waals surface area contributed by atoms with Crippen LogP contribution in [0.25, 0.3) is 0 Å². The first-order valence-electron chi connectivity index (χ1n) is 9.99. The number of amides is 2. The molecule has 1 saturated heterocycles. The van der Waals surface area contributed by atoms with Crippen LogP contribution >= 0.6 is 0 Å². The molecule has 150 valence electrons. The van der Waals surface area contributed by atoms with Crippen molar-refractivity contribution in [1.82, 2.24) is 10.2 Å². The molecule has 0 saturated carbocycles. The third-order valence-electron chi connectivity index (χ3n) is 5.46. The monoisotopic (exact) mass is 381 g/mol. The van der Waals surface area contributed by atoms with Crippen LogP contribution in [0.5, 0.6) is 5.75 Å². The fraction of sp³-hybridized carbons (Fsp3) is 0.435. The van der Waals surface area contributed by atoms with Gasteiger partial charge in [0.05, 0.1) is 6.54 Å². The summed E-state index contributed by atoms with van der Waals surface area (Å²) in [6.07, 6.45) is 0. The molecule has 1 fully saturated rings. The van der Waals surface area contributed by atoms with Gasteiger partial charge in [0, 0.05) is 31.9 Å². The number of ether oxygens (including phenoxy) is 1. The molecule has 2 amide bonds. The Morgan fingerprint density at radius 1 is 1.00 bits per heavy atom. The highest BCUT2D eigenvalue weighted by atomic mass is 16.5. The quantitative estimate of drug-likeness (QED) is 0.801. The van der Waals surface area contributed by atoms with Crippen LogP contribution in [-0.4, -0.2) is 50.3 Å². The van der Waals surface area contributed by atoms with Crippen LogP contribution in [0.15, 0.2) is 36.4 Å². The van der Waals surface area contributed by atoms with Gasteiger partial charge >= 0.3 is 6.03 Å². The van der Waals surface area contributed by atoms with Gasteiger partial charge in [0.15, 0.2) is 0 Å². The number of carbonyl (C=O) groups is 1. The fourth-order valence-electron chi connectivity index (χ4n) is 3.52. The van der Waals surface area contributed by atoms with E-state index in [4.69, 9.17) is 4.74 Å². The lowest BCUT2D eigenvalue weighted by atomic mass is 10.1. The van der Waals surface area contributed by atoms with E-state index < -0.39 is 0 Å². The molecule has 0 radical (unpaired) electrons. The first-order chi connectivity index (χ1) is 13.5. The molecule has 0 aliphatic carbocycles. The van der Waals surface area contributed by atoms with Crippen molar-refractivity contribution in [2.75, 3.05) is 44.2 Å². The first-order valence-corrected chi connectivity index (χ1v) is 9.99. The number of hydrogen-bond acceptors (Lipinski definition) is 3. The van der Waals surface area contributed by atoms with Crippen LogP contribution in [0.3, 0.4) is 0 Å². The Labute approximate surface area is 168 Å². The molecular weight excluding hydrogens is 350 g/mol. The SMILES string of the molecule is Cc1ccc(C)c(OCCNC(=O)N2CCN(c3cccc(C)c3C)CC2)c1. The molecule has 1 aliphatic heterocycles. The number of urea groups is 1. The van der Waals surface area contributed by atoms with Crippen molar-refractivity contribution in [1.29, 1.82) is 0 Å². The summed E-state index contributed by atoms with van der Waals surface area (Å²) in [5.74, 6) is 0.886. The van der Waals surface area contributed by atoms with Crippen molar-refractivity contribution in [3.05, 3.63) is 58.7 Å². The van der Waals surface area contributed by atoms with E-state index in [9.17, 15) is 4.79 Å². The van der Waals surface area contributed by atoms with Crippen LogP contribution in [0, 0.1) is 27.7 Å². The maximum absolute atomic E-state index is 12.4. The third-order valence-corrected chi connectivity index (χ3v) is 5.46. The minimum atomic E-state index is -0.00909. The molecule has 0 spiro atoms. The Bertz CT molecular complexity index is 827. The molecule has 28 heavy (non-hydrogen) atoms. The molecule has 1 heterocycles. The standard InChI is InChI=1S/C23H31N3O2/c1-17-8-9-19(3)22(16-17)28-15-10-24-23(27)26-13-11-25(12-14-26)21-7-5-6-18(2)20(21)4/h5-9,16H,10-15H2,1-4H3,(H,24,27). The van der Waals surface area contributed by atoms with Gasteiger partial charge < -0.3 is 19.9 Å². The number of hydrogen-bond donors (Lipinski definition) is 1. The molecule has 5 nitrogen and oxygen atoms in total. The number of nitrogens with zero attached hydrogens (tertiary/aromatic N) is 2. The molecule has 0 atom stereocenters. The second-order valence-electron chi connectivity index (χ2n) is 7.54. The van der Waals surface area contributed by atoms with E-state index in [-0.39, 0.29) is 6.03 Å². The fourth-order valence-corrected chi connectivity index (χ4v) is 3.52. The average molecular weight is 382 g/mol. The van der Waals surface area contributed by atoms with E-state index in [1.807, 2.05) is 24.8 Å². The minimum absolute atomic E-state index is 0.00909. The lowest BCUT2D eigenvalue weighted by molar-refractivity contribution is 0.191. The summed E-state index contributed by atoms with van der Waals surface area (Å²) in [7, 11) is 0. The Hall–Kier alpha value is -2.69. The smallest absolute Gasteiger partial charge is 0.317 e. The second kappa shape index (κ2) is 9.00. The van der Waals surface area contributed by atoms with Crippen LogP contribution < -0.4 is 15.0 Å². The van der Waals surface area contributed by atoms with Gasteiger partial charge in [-0.05, 0) is 62.1 Å². The van der Waals surface area contributed by atoms with Crippen molar-refractivity contribution in [2.45, 2.75) is 27.7 Å².